The van der Waals surface area contributed by atoms with E-state index in [4.69, 9.17) is 0 Å². The Morgan fingerprint density at radius 2 is 2.15 bits per heavy atom. The lowest BCUT2D eigenvalue weighted by Crippen LogP contribution is -2.40. The number of amides is 1. The summed E-state index contributed by atoms with van der Waals surface area (Å²) in [5.74, 6) is -1.80. The topological polar surface area (TPSA) is 104 Å². The molecule has 3 N–H and O–H groups in total. The van der Waals surface area contributed by atoms with E-state index >= 15 is 0 Å². The molecule has 26 heavy (non-hydrogen) atoms. The molecule has 140 valence electrons. The highest BCUT2D eigenvalue weighted by atomic mass is 19.3. The Balaban J connectivity index is 2.21. The third-order valence-corrected chi connectivity index (χ3v) is 3.68. The number of halogens is 2. The molecule has 0 aliphatic heterocycles. The van der Waals surface area contributed by atoms with Crippen LogP contribution in [0, 0.1) is 0 Å². The SMILES string of the molecule is CCCC[C@H](NC(=O)c1cn[nH]c1-c1cccc(OC(F)F)c1)C(=O)O. The zero-order chi connectivity index (χ0) is 19.1. The van der Waals surface area contributed by atoms with Crippen LogP contribution in [0.4, 0.5) is 8.78 Å². The van der Waals surface area contributed by atoms with Crippen molar-refractivity contribution in [3.63, 3.8) is 0 Å². The molecule has 1 aromatic heterocycles. The van der Waals surface area contributed by atoms with Crippen LogP contribution < -0.4 is 10.1 Å². The molecule has 0 bridgehead atoms. The van der Waals surface area contributed by atoms with Gasteiger partial charge in [-0.2, -0.15) is 13.9 Å². The number of aromatic nitrogens is 2. The second-order valence-electron chi connectivity index (χ2n) is 5.57. The summed E-state index contributed by atoms with van der Waals surface area (Å²) >= 11 is 0. The van der Waals surface area contributed by atoms with Crippen LogP contribution in [-0.2, 0) is 4.79 Å². The molecule has 1 atom stereocenters. The molecular weight excluding hydrogens is 348 g/mol. The highest BCUT2D eigenvalue weighted by Gasteiger charge is 2.23. The normalized spacial score (nSPS) is 12.0. The number of carbonyl (C=O) groups is 2. The number of rotatable bonds is 9. The second kappa shape index (κ2) is 8.93. The van der Waals surface area contributed by atoms with Gasteiger partial charge in [-0.25, -0.2) is 4.79 Å². The molecule has 1 aromatic carbocycles. The van der Waals surface area contributed by atoms with Gasteiger partial charge in [-0.1, -0.05) is 31.9 Å². The van der Waals surface area contributed by atoms with Gasteiger partial charge in [0.2, 0.25) is 0 Å². The highest BCUT2D eigenvalue weighted by molar-refractivity contribution is 6.01. The largest absolute Gasteiger partial charge is 0.480 e. The molecule has 7 nitrogen and oxygen atoms in total. The van der Waals surface area contributed by atoms with Crippen molar-refractivity contribution in [2.45, 2.75) is 38.8 Å². The Morgan fingerprint density at radius 3 is 2.81 bits per heavy atom. The van der Waals surface area contributed by atoms with E-state index in [1.54, 1.807) is 6.07 Å². The van der Waals surface area contributed by atoms with Crippen molar-refractivity contribution in [3.8, 4) is 17.0 Å². The zero-order valence-electron chi connectivity index (χ0n) is 14.0. The molecule has 0 unspecified atom stereocenters. The minimum atomic E-state index is -2.97. The number of aliphatic carboxylic acids is 1. The third-order valence-electron chi connectivity index (χ3n) is 3.68. The van der Waals surface area contributed by atoms with Crippen molar-refractivity contribution in [2.24, 2.45) is 0 Å². The van der Waals surface area contributed by atoms with Crippen molar-refractivity contribution in [1.82, 2.24) is 15.5 Å². The molecule has 1 amide bonds. The molecule has 0 aliphatic rings. The fraction of sp³-hybridized carbons (Fsp3) is 0.353. The minimum absolute atomic E-state index is 0.0650. The van der Waals surface area contributed by atoms with Crippen LogP contribution in [-0.4, -0.2) is 39.8 Å². The monoisotopic (exact) mass is 367 g/mol. The summed E-state index contributed by atoms with van der Waals surface area (Å²) in [6.45, 7) is -1.05. The van der Waals surface area contributed by atoms with Crippen molar-refractivity contribution >= 4 is 11.9 Å². The summed E-state index contributed by atoms with van der Waals surface area (Å²) in [5, 5.41) is 18.1. The highest BCUT2D eigenvalue weighted by Crippen LogP contribution is 2.26. The van der Waals surface area contributed by atoms with E-state index in [0.29, 0.717) is 18.4 Å². The average molecular weight is 367 g/mol. The first-order chi connectivity index (χ1) is 12.4. The molecule has 1 heterocycles. The minimum Gasteiger partial charge on any atom is -0.480 e. The number of alkyl halides is 2. The number of carbonyl (C=O) groups excluding carboxylic acids is 1. The van der Waals surface area contributed by atoms with Crippen LogP contribution in [0.3, 0.4) is 0 Å². The number of aromatic amines is 1. The third kappa shape index (κ3) is 5.01. The van der Waals surface area contributed by atoms with Gasteiger partial charge in [0.25, 0.3) is 5.91 Å². The molecule has 2 aromatic rings. The number of hydrogen-bond donors (Lipinski definition) is 3. The predicted octanol–water partition coefficient (Wildman–Crippen LogP) is 3.05. The maximum atomic E-state index is 12.5. The quantitative estimate of drug-likeness (QED) is 0.632. The van der Waals surface area contributed by atoms with E-state index in [0.717, 1.165) is 6.42 Å². The fourth-order valence-corrected chi connectivity index (χ4v) is 2.41. The lowest BCUT2D eigenvalue weighted by molar-refractivity contribution is -0.139. The Morgan fingerprint density at radius 1 is 1.38 bits per heavy atom. The number of carboxylic acids is 1. The van der Waals surface area contributed by atoms with Crippen LogP contribution in [0.25, 0.3) is 11.3 Å². The maximum absolute atomic E-state index is 12.5. The summed E-state index contributed by atoms with van der Waals surface area (Å²) in [6.07, 6.45) is 3.02. The van der Waals surface area contributed by atoms with Crippen molar-refractivity contribution in [1.29, 1.82) is 0 Å². The summed E-state index contributed by atoms with van der Waals surface area (Å²) in [7, 11) is 0. The standard InChI is InChI=1S/C17H19F2N3O4/c1-2-3-7-13(16(24)25)21-15(23)12-9-20-22-14(12)10-5-4-6-11(8-10)26-17(18)19/h4-6,8-9,13,17H,2-3,7H2,1H3,(H,20,22)(H,21,23)(H,24,25)/t13-/m0/s1. The van der Waals surface area contributed by atoms with Gasteiger partial charge in [-0.3, -0.25) is 9.89 Å². The number of H-pyrrole nitrogens is 1. The average Bonchev–Trinajstić information content (AvgIpc) is 3.07. The number of nitrogens with zero attached hydrogens (tertiary/aromatic N) is 1. The zero-order valence-corrected chi connectivity index (χ0v) is 14.0. The van der Waals surface area contributed by atoms with Crippen LogP contribution in [0.15, 0.2) is 30.5 Å². The molecule has 0 radical (unpaired) electrons. The second-order valence-corrected chi connectivity index (χ2v) is 5.57. The van der Waals surface area contributed by atoms with Gasteiger partial charge in [0.1, 0.15) is 11.8 Å². The van der Waals surface area contributed by atoms with E-state index in [-0.39, 0.29) is 17.0 Å². The Hall–Kier alpha value is -2.97. The number of hydrogen-bond acceptors (Lipinski definition) is 4. The van der Waals surface area contributed by atoms with Crippen molar-refractivity contribution < 1.29 is 28.2 Å². The van der Waals surface area contributed by atoms with Gasteiger partial charge >= 0.3 is 12.6 Å². The number of unbranched alkanes of at least 4 members (excludes halogenated alkanes) is 1. The van der Waals surface area contributed by atoms with Gasteiger partial charge in [0.05, 0.1) is 17.5 Å². The van der Waals surface area contributed by atoms with E-state index in [1.807, 2.05) is 6.92 Å². The first-order valence-electron chi connectivity index (χ1n) is 8.04. The van der Waals surface area contributed by atoms with E-state index in [2.05, 4.69) is 20.3 Å². The molecule has 9 heteroatoms. The predicted molar refractivity (Wildman–Crippen MR) is 89.1 cm³/mol. The number of ether oxygens (including phenoxy) is 1. The summed E-state index contributed by atoms with van der Waals surface area (Å²) in [6, 6.07) is 4.77. The molecule has 0 spiro atoms. The van der Waals surface area contributed by atoms with Gasteiger partial charge < -0.3 is 15.2 Å². The summed E-state index contributed by atoms with van der Waals surface area (Å²) in [5.41, 5.74) is 0.801. The fourth-order valence-electron chi connectivity index (χ4n) is 2.41. The van der Waals surface area contributed by atoms with E-state index in [9.17, 15) is 23.5 Å². The number of carboxylic acid groups (broad SMARTS) is 1. The van der Waals surface area contributed by atoms with Crippen LogP contribution >= 0.6 is 0 Å². The summed E-state index contributed by atoms with van der Waals surface area (Å²) < 4.78 is 29.1. The number of benzene rings is 1. The van der Waals surface area contributed by atoms with Crippen molar-refractivity contribution in [2.75, 3.05) is 0 Å². The Bertz CT molecular complexity index is 764. The molecule has 2 rings (SSSR count). The van der Waals surface area contributed by atoms with Crippen LogP contribution in [0.1, 0.15) is 36.5 Å². The number of nitrogens with one attached hydrogen (secondary N) is 2. The van der Waals surface area contributed by atoms with Gasteiger partial charge in [-0.05, 0) is 18.6 Å². The molecular formula is C17H19F2N3O4. The molecule has 0 saturated heterocycles. The van der Waals surface area contributed by atoms with Gasteiger partial charge in [-0.15, -0.1) is 0 Å². The van der Waals surface area contributed by atoms with Gasteiger partial charge in [0, 0.05) is 5.56 Å². The van der Waals surface area contributed by atoms with E-state index < -0.39 is 24.5 Å². The lowest BCUT2D eigenvalue weighted by Gasteiger charge is -2.14. The van der Waals surface area contributed by atoms with Gasteiger partial charge in [0.15, 0.2) is 0 Å². The first-order valence-corrected chi connectivity index (χ1v) is 8.04. The Kier molecular flexibility index (Phi) is 6.65. The smallest absolute Gasteiger partial charge is 0.387 e. The molecule has 0 saturated carbocycles. The Labute approximate surface area is 148 Å². The lowest BCUT2D eigenvalue weighted by atomic mass is 10.1. The van der Waals surface area contributed by atoms with Crippen molar-refractivity contribution in [3.05, 3.63) is 36.0 Å². The van der Waals surface area contributed by atoms with Crippen LogP contribution in [0.5, 0.6) is 5.75 Å². The molecule has 0 fully saturated rings. The summed E-state index contributed by atoms with van der Waals surface area (Å²) in [4.78, 5) is 23.7. The van der Waals surface area contributed by atoms with E-state index in [1.165, 1.54) is 24.4 Å². The maximum Gasteiger partial charge on any atom is 0.387 e. The first kappa shape index (κ1) is 19.4. The van der Waals surface area contributed by atoms with Crippen LogP contribution in [0.2, 0.25) is 0 Å². The molecule has 0 aliphatic carbocycles.